The van der Waals surface area contributed by atoms with Crippen LogP contribution in [0.25, 0.3) is 0 Å². The number of carbonyl (C=O) groups excluding carboxylic acids is 1. The molecule has 2 N–H and O–H groups in total. The van der Waals surface area contributed by atoms with Crippen LogP contribution in [0.1, 0.15) is 33.6 Å². The van der Waals surface area contributed by atoms with Crippen LogP contribution in [-0.4, -0.2) is 32.7 Å². The van der Waals surface area contributed by atoms with Gasteiger partial charge in [-0.1, -0.05) is 13.3 Å². The third-order valence-corrected chi connectivity index (χ3v) is 4.14. The molecule has 7 heteroatoms. The lowest BCUT2D eigenvalue weighted by molar-refractivity contribution is -0.115. The van der Waals surface area contributed by atoms with E-state index in [1.54, 1.807) is 24.3 Å². The monoisotopic (exact) mass is 328 g/mol. The number of hydrogen-bond donors (Lipinski definition) is 2. The first-order chi connectivity index (χ1) is 10.3. The number of carbonyl (C=O) groups is 1. The molecule has 0 aliphatic rings. The fraction of sp³-hybridized carbons (Fsp3) is 0.533. The molecule has 1 rings (SSSR count). The molecular formula is C15H24N2O4S. The van der Waals surface area contributed by atoms with Gasteiger partial charge in [0.15, 0.2) is 0 Å². The number of hydrogen-bond acceptors (Lipinski definition) is 4. The van der Waals surface area contributed by atoms with Gasteiger partial charge in [-0.05, 0) is 44.5 Å². The average molecular weight is 328 g/mol. The van der Waals surface area contributed by atoms with Gasteiger partial charge in [0.1, 0.15) is 5.75 Å². The van der Waals surface area contributed by atoms with Crippen LogP contribution in [-0.2, 0) is 14.8 Å². The Morgan fingerprint density at radius 3 is 2.41 bits per heavy atom. The number of amides is 1. The summed E-state index contributed by atoms with van der Waals surface area (Å²) in [7, 11) is -3.38. The molecule has 0 heterocycles. The summed E-state index contributed by atoms with van der Waals surface area (Å²) < 4.78 is 31.0. The van der Waals surface area contributed by atoms with E-state index in [9.17, 15) is 13.2 Å². The van der Waals surface area contributed by atoms with Gasteiger partial charge in [0.05, 0.1) is 18.4 Å². The van der Waals surface area contributed by atoms with E-state index in [4.69, 9.17) is 4.74 Å². The van der Waals surface area contributed by atoms with Crippen molar-refractivity contribution in [1.82, 2.24) is 4.72 Å². The highest BCUT2D eigenvalue weighted by Crippen LogP contribution is 2.16. The highest BCUT2D eigenvalue weighted by molar-refractivity contribution is 7.89. The van der Waals surface area contributed by atoms with Crippen molar-refractivity contribution in [1.29, 1.82) is 0 Å². The molecule has 0 unspecified atom stereocenters. The lowest BCUT2D eigenvalue weighted by Gasteiger charge is -2.11. The first-order valence-electron chi connectivity index (χ1n) is 7.36. The van der Waals surface area contributed by atoms with Crippen molar-refractivity contribution in [2.24, 2.45) is 0 Å². The molecule has 6 nitrogen and oxygen atoms in total. The van der Waals surface area contributed by atoms with Crippen molar-refractivity contribution in [3.63, 3.8) is 0 Å². The van der Waals surface area contributed by atoms with Crippen LogP contribution < -0.4 is 14.8 Å². The quantitative estimate of drug-likeness (QED) is 0.727. The predicted octanol–water partition coefficient (Wildman–Crippen LogP) is 2.13. The zero-order chi connectivity index (χ0) is 16.6. The zero-order valence-electron chi connectivity index (χ0n) is 13.3. The summed E-state index contributed by atoms with van der Waals surface area (Å²) in [6.45, 7) is 5.51. The normalized spacial score (nSPS) is 11.5. The summed E-state index contributed by atoms with van der Waals surface area (Å²) in [6.07, 6.45) is 1.45. The van der Waals surface area contributed by atoms with Crippen molar-refractivity contribution in [3.8, 4) is 5.75 Å². The zero-order valence-corrected chi connectivity index (χ0v) is 14.1. The number of nitrogens with one attached hydrogen (secondary N) is 2. The van der Waals surface area contributed by atoms with Gasteiger partial charge in [-0.25, -0.2) is 13.1 Å². The topological polar surface area (TPSA) is 84.5 Å². The SMILES string of the molecule is CCCCS(=O)(=O)NCC(=O)Nc1ccc(OC(C)C)cc1. The van der Waals surface area contributed by atoms with E-state index in [0.717, 1.165) is 6.42 Å². The minimum absolute atomic E-state index is 0.0397. The van der Waals surface area contributed by atoms with Crippen LogP contribution >= 0.6 is 0 Å². The molecule has 0 saturated heterocycles. The number of sulfonamides is 1. The smallest absolute Gasteiger partial charge is 0.239 e. The van der Waals surface area contributed by atoms with Gasteiger partial charge in [-0.15, -0.1) is 0 Å². The maximum atomic E-state index is 11.7. The Labute approximate surface area is 132 Å². The molecule has 1 aromatic rings. The van der Waals surface area contributed by atoms with Crippen LogP contribution in [0.4, 0.5) is 5.69 Å². The van der Waals surface area contributed by atoms with E-state index in [0.29, 0.717) is 17.9 Å². The molecule has 0 fully saturated rings. The van der Waals surface area contributed by atoms with E-state index in [-0.39, 0.29) is 18.4 Å². The van der Waals surface area contributed by atoms with Gasteiger partial charge in [-0.2, -0.15) is 0 Å². The maximum absolute atomic E-state index is 11.7. The number of rotatable bonds is 9. The Morgan fingerprint density at radius 2 is 1.86 bits per heavy atom. The molecular weight excluding hydrogens is 304 g/mol. The fourth-order valence-electron chi connectivity index (χ4n) is 1.68. The molecule has 0 aliphatic heterocycles. The Bertz CT molecular complexity index is 568. The highest BCUT2D eigenvalue weighted by atomic mass is 32.2. The molecule has 0 saturated carbocycles. The van der Waals surface area contributed by atoms with Gasteiger partial charge in [0, 0.05) is 5.69 Å². The molecule has 0 radical (unpaired) electrons. The summed E-state index contributed by atoms with van der Waals surface area (Å²) in [4.78, 5) is 11.7. The largest absolute Gasteiger partial charge is 0.491 e. The van der Waals surface area contributed by atoms with E-state index < -0.39 is 15.9 Å². The second kappa shape index (κ2) is 8.75. The third-order valence-electron chi connectivity index (χ3n) is 2.73. The van der Waals surface area contributed by atoms with Crippen LogP contribution in [0.2, 0.25) is 0 Å². The van der Waals surface area contributed by atoms with Gasteiger partial charge < -0.3 is 10.1 Å². The highest BCUT2D eigenvalue weighted by Gasteiger charge is 2.11. The Kier molecular flexibility index (Phi) is 7.34. The Hall–Kier alpha value is -1.60. The summed E-state index contributed by atoms with van der Waals surface area (Å²) >= 11 is 0. The van der Waals surface area contributed by atoms with Crippen molar-refractivity contribution in [3.05, 3.63) is 24.3 Å². The van der Waals surface area contributed by atoms with E-state index in [1.807, 2.05) is 20.8 Å². The second-order valence-electron chi connectivity index (χ2n) is 5.23. The molecule has 1 amide bonds. The van der Waals surface area contributed by atoms with E-state index in [2.05, 4.69) is 10.0 Å². The summed E-state index contributed by atoms with van der Waals surface area (Å²) in [5, 5.41) is 2.63. The van der Waals surface area contributed by atoms with Gasteiger partial charge >= 0.3 is 0 Å². The molecule has 0 spiro atoms. The third kappa shape index (κ3) is 7.42. The van der Waals surface area contributed by atoms with Crippen molar-refractivity contribution < 1.29 is 17.9 Å². The molecule has 0 atom stereocenters. The molecule has 0 aromatic heterocycles. The summed E-state index contributed by atoms with van der Waals surface area (Å²) in [6, 6.07) is 6.92. The van der Waals surface area contributed by atoms with Crippen LogP contribution in [0.15, 0.2) is 24.3 Å². The molecule has 124 valence electrons. The standard InChI is InChI=1S/C15H24N2O4S/c1-4-5-10-22(19,20)16-11-15(18)17-13-6-8-14(9-7-13)21-12(2)3/h6-9,12,16H,4-5,10-11H2,1-3H3,(H,17,18). The van der Waals surface area contributed by atoms with Crippen LogP contribution in [0.3, 0.4) is 0 Å². The van der Waals surface area contributed by atoms with Gasteiger partial charge in [-0.3, -0.25) is 4.79 Å². The average Bonchev–Trinajstić information content (AvgIpc) is 2.45. The lowest BCUT2D eigenvalue weighted by Crippen LogP contribution is -2.34. The van der Waals surface area contributed by atoms with Crippen molar-refractivity contribution in [2.75, 3.05) is 17.6 Å². The van der Waals surface area contributed by atoms with E-state index >= 15 is 0 Å². The summed E-state index contributed by atoms with van der Waals surface area (Å²) in [5.41, 5.74) is 0.592. The molecule has 0 bridgehead atoms. The number of ether oxygens (including phenoxy) is 1. The fourth-order valence-corrected chi connectivity index (χ4v) is 2.84. The Balaban J connectivity index is 2.45. The minimum Gasteiger partial charge on any atom is -0.491 e. The minimum atomic E-state index is -3.38. The predicted molar refractivity (Wildman–Crippen MR) is 87.5 cm³/mol. The van der Waals surface area contributed by atoms with Crippen LogP contribution in [0.5, 0.6) is 5.75 Å². The summed E-state index contributed by atoms with van der Waals surface area (Å²) in [5.74, 6) is 0.351. The second-order valence-corrected chi connectivity index (χ2v) is 7.16. The van der Waals surface area contributed by atoms with Crippen LogP contribution in [0, 0.1) is 0 Å². The molecule has 1 aromatic carbocycles. The Morgan fingerprint density at radius 1 is 1.23 bits per heavy atom. The number of benzene rings is 1. The van der Waals surface area contributed by atoms with Gasteiger partial charge in [0.25, 0.3) is 0 Å². The van der Waals surface area contributed by atoms with Gasteiger partial charge in [0.2, 0.25) is 15.9 Å². The first-order valence-corrected chi connectivity index (χ1v) is 9.01. The first kappa shape index (κ1) is 18.4. The van der Waals surface area contributed by atoms with Crippen molar-refractivity contribution in [2.45, 2.75) is 39.7 Å². The van der Waals surface area contributed by atoms with E-state index in [1.165, 1.54) is 0 Å². The maximum Gasteiger partial charge on any atom is 0.239 e. The molecule has 0 aliphatic carbocycles. The lowest BCUT2D eigenvalue weighted by atomic mass is 10.3. The molecule has 22 heavy (non-hydrogen) atoms. The number of anilines is 1. The van der Waals surface area contributed by atoms with Crippen molar-refractivity contribution >= 4 is 21.6 Å². The number of unbranched alkanes of at least 4 members (excludes halogenated alkanes) is 1.